The number of aromatic nitrogens is 4. The van der Waals surface area contributed by atoms with Crippen LogP contribution in [-0.2, 0) is 0 Å². The standard InChI is InChI=1S/C11H11F2N5O/c12-11(13)18-5-7(4-14-18)15-10(19)9-3-8(16-17-9)6-1-2-6/h3-6,11H,1-2H2,(H,15,19)(H,16,17). The van der Waals surface area contributed by atoms with Crippen LogP contribution in [0.4, 0.5) is 14.5 Å². The van der Waals surface area contributed by atoms with Crippen LogP contribution in [0.3, 0.4) is 0 Å². The fourth-order valence-electron chi connectivity index (χ4n) is 1.76. The smallest absolute Gasteiger partial charge is 0.318 e. The first-order chi connectivity index (χ1) is 9.13. The maximum absolute atomic E-state index is 12.3. The normalized spacial score (nSPS) is 14.9. The zero-order chi connectivity index (χ0) is 13.4. The van der Waals surface area contributed by atoms with E-state index in [1.807, 2.05) is 0 Å². The Morgan fingerprint density at radius 3 is 2.95 bits per heavy atom. The van der Waals surface area contributed by atoms with Gasteiger partial charge >= 0.3 is 6.55 Å². The van der Waals surface area contributed by atoms with Crippen molar-refractivity contribution in [3.8, 4) is 0 Å². The summed E-state index contributed by atoms with van der Waals surface area (Å²) in [7, 11) is 0. The average molecular weight is 267 g/mol. The zero-order valence-electron chi connectivity index (χ0n) is 9.81. The number of nitrogens with zero attached hydrogens (tertiary/aromatic N) is 3. The maximum Gasteiger partial charge on any atom is 0.333 e. The van der Waals surface area contributed by atoms with Crippen molar-refractivity contribution in [2.45, 2.75) is 25.3 Å². The monoisotopic (exact) mass is 267 g/mol. The predicted molar refractivity (Wildman–Crippen MR) is 62.0 cm³/mol. The topological polar surface area (TPSA) is 75.6 Å². The van der Waals surface area contributed by atoms with Gasteiger partial charge < -0.3 is 5.32 Å². The molecule has 1 aliphatic rings. The number of halogens is 2. The molecule has 0 aromatic carbocycles. The molecule has 6 nitrogen and oxygen atoms in total. The minimum absolute atomic E-state index is 0.210. The number of rotatable bonds is 4. The van der Waals surface area contributed by atoms with Gasteiger partial charge in [0, 0.05) is 11.6 Å². The van der Waals surface area contributed by atoms with Gasteiger partial charge in [-0.2, -0.15) is 19.0 Å². The van der Waals surface area contributed by atoms with Gasteiger partial charge in [-0.25, -0.2) is 4.68 Å². The van der Waals surface area contributed by atoms with Crippen LogP contribution in [0.1, 0.15) is 41.5 Å². The number of H-pyrrole nitrogens is 1. The Bertz CT molecular complexity index is 602. The van der Waals surface area contributed by atoms with E-state index in [9.17, 15) is 13.6 Å². The summed E-state index contributed by atoms with van der Waals surface area (Å²) in [5.74, 6) is 0.0209. The van der Waals surface area contributed by atoms with Crippen LogP contribution in [0.25, 0.3) is 0 Å². The molecule has 0 bridgehead atoms. The first-order valence-corrected chi connectivity index (χ1v) is 5.82. The number of hydrogen-bond acceptors (Lipinski definition) is 3. The first-order valence-electron chi connectivity index (χ1n) is 5.82. The van der Waals surface area contributed by atoms with Crippen molar-refractivity contribution in [3.63, 3.8) is 0 Å². The molecule has 0 unspecified atom stereocenters. The number of aromatic amines is 1. The fourth-order valence-corrected chi connectivity index (χ4v) is 1.76. The molecule has 0 aliphatic heterocycles. The Kier molecular flexibility index (Phi) is 2.77. The molecule has 0 atom stereocenters. The van der Waals surface area contributed by atoms with Crippen LogP contribution in [0.5, 0.6) is 0 Å². The molecule has 2 aromatic heterocycles. The van der Waals surface area contributed by atoms with Gasteiger partial charge in [-0.1, -0.05) is 0 Å². The van der Waals surface area contributed by atoms with E-state index in [2.05, 4.69) is 20.6 Å². The van der Waals surface area contributed by atoms with Crippen LogP contribution in [0, 0.1) is 0 Å². The van der Waals surface area contributed by atoms with Crippen LogP contribution in [0.15, 0.2) is 18.5 Å². The third-order valence-corrected chi connectivity index (χ3v) is 2.91. The highest BCUT2D eigenvalue weighted by Gasteiger charge is 2.26. The molecule has 0 radical (unpaired) electrons. The predicted octanol–water partition coefficient (Wildman–Crippen LogP) is 2.13. The van der Waals surface area contributed by atoms with Crippen LogP contribution in [0.2, 0.25) is 0 Å². The molecule has 2 heterocycles. The average Bonchev–Trinajstić information content (AvgIpc) is 2.92. The van der Waals surface area contributed by atoms with Gasteiger partial charge in [0.1, 0.15) is 0 Å². The van der Waals surface area contributed by atoms with Gasteiger partial charge in [0.05, 0.1) is 18.1 Å². The number of nitrogens with one attached hydrogen (secondary N) is 2. The quantitative estimate of drug-likeness (QED) is 0.891. The van der Waals surface area contributed by atoms with Crippen molar-refractivity contribution >= 4 is 11.6 Å². The molecular formula is C11H11F2N5O. The van der Waals surface area contributed by atoms with E-state index < -0.39 is 12.5 Å². The fraction of sp³-hybridized carbons (Fsp3) is 0.364. The number of hydrogen-bond donors (Lipinski definition) is 2. The Morgan fingerprint density at radius 1 is 1.53 bits per heavy atom. The van der Waals surface area contributed by atoms with Gasteiger partial charge in [-0.15, -0.1) is 0 Å². The Hall–Kier alpha value is -2.25. The van der Waals surface area contributed by atoms with Crippen molar-refractivity contribution in [3.05, 3.63) is 29.8 Å². The van der Waals surface area contributed by atoms with Crippen LogP contribution >= 0.6 is 0 Å². The lowest BCUT2D eigenvalue weighted by Crippen LogP contribution is -2.11. The highest BCUT2D eigenvalue weighted by Crippen LogP contribution is 2.39. The highest BCUT2D eigenvalue weighted by atomic mass is 19.3. The van der Waals surface area contributed by atoms with E-state index in [0.29, 0.717) is 10.6 Å². The van der Waals surface area contributed by atoms with Crippen molar-refractivity contribution in [1.29, 1.82) is 0 Å². The number of carbonyl (C=O) groups is 1. The first kappa shape index (κ1) is 11.8. The molecule has 100 valence electrons. The van der Waals surface area contributed by atoms with Gasteiger partial charge in [0.15, 0.2) is 5.69 Å². The largest absolute Gasteiger partial charge is 0.333 e. The summed E-state index contributed by atoms with van der Waals surface area (Å²) in [5, 5.41) is 12.6. The third kappa shape index (κ3) is 2.47. The minimum atomic E-state index is -2.72. The lowest BCUT2D eigenvalue weighted by atomic mass is 10.2. The SMILES string of the molecule is O=C(Nc1cnn(C(F)F)c1)c1cc(C2CC2)[nH]n1. The molecular weight excluding hydrogens is 256 g/mol. The number of alkyl halides is 2. The number of anilines is 1. The zero-order valence-corrected chi connectivity index (χ0v) is 9.81. The summed E-state index contributed by atoms with van der Waals surface area (Å²) in [5.41, 5.74) is 1.39. The summed E-state index contributed by atoms with van der Waals surface area (Å²) >= 11 is 0. The van der Waals surface area contributed by atoms with Crippen molar-refractivity contribution in [2.75, 3.05) is 5.32 Å². The summed E-state index contributed by atoms with van der Waals surface area (Å²) < 4.78 is 25.1. The highest BCUT2D eigenvalue weighted by molar-refractivity contribution is 6.02. The second kappa shape index (κ2) is 4.45. The number of amides is 1. The van der Waals surface area contributed by atoms with E-state index in [-0.39, 0.29) is 11.4 Å². The summed E-state index contributed by atoms with van der Waals surface area (Å²) in [6.45, 7) is -2.72. The van der Waals surface area contributed by atoms with E-state index in [1.165, 1.54) is 6.20 Å². The van der Waals surface area contributed by atoms with E-state index >= 15 is 0 Å². The second-order valence-corrected chi connectivity index (χ2v) is 4.42. The Balaban J connectivity index is 1.68. The van der Waals surface area contributed by atoms with Crippen molar-refractivity contribution in [2.24, 2.45) is 0 Å². The third-order valence-electron chi connectivity index (χ3n) is 2.91. The second-order valence-electron chi connectivity index (χ2n) is 4.42. The van der Waals surface area contributed by atoms with Crippen molar-refractivity contribution in [1.82, 2.24) is 20.0 Å². The minimum Gasteiger partial charge on any atom is -0.318 e. The summed E-state index contributed by atoms with van der Waals surface area (Å²) in [4.78, 5) is 11.8. The van der Waals surface area contributed by atoms with Gasteiger partial charge in [-0.05, 0) is 18.9 Å². The van der Waals surface area contributed by atoms with Gasteiger partial charge in [0.2, 0.25) is 0 Å². The molecule has 0 saturated heterocycles. The molecule has 1 aliphatic carbocycles. The molecule has 0 spiro atoms. The molecule has 2 N–H and O–H groups in total. The summed E-state index contributed by atoms with van der Waals surface area (Å²) in [6.07, 6.45) is 4.43. The summed E-state index contributed by atoms with van der Waals surface area (Å²) in [6, 6.07) is 1.69. The van der Waals surface area contributed by atoms with E-state index in [4.69, 9.17) is 0 Å². The molecule has 19 heavy (non-hydrogen) atoms. The lowest BCUT2D eigenvalue weighted by molar-refractivity contribution is 0.0566. The molecule has 2 aromatic rings. The molecule has 1 saturated carbocycles. The molecule has 8 heteroatoms. The van der Waals surface area contributed by atoms with Crippen molar-refractivity contribution < 1.29 is 13.6 Å². The lowest BCUT2D eigenvalue weighted by Gasteiger charge is -1.98. The van der Waals surface area contributed by atoms with E-state index in [1.54, 1.807) is 6.07 Å². The van der Waals surface area contributed by atoms with Crippen LogP contribution in [-0.4, -0.2) is 25.9 Å². The van der Waals surface area contributed by atoms with E-state index in [0.717, 1.165) is 24.7 Å². The molecule has 1 fully saturated rings. The van der Waals surface area contributed by atoms with Crippen LogP contribution < -0.4 is 5.32 Å². The molecule has 1 amide bonds. The number of carbonyl (C=O) groups excluding carboxylic acids is 1. The Labute approximate surface area is 106 Å². The Morgan fingerprint density at radius 2 is 2.32 bits per heavy atom. The van der Waals surface area contributed by atoms with Gasteiger partial charge in [-0.3, -0.25) is 9.89 Å². The van der Waals surface area contributed by atoms with Gasteiger partial charge in [0.25, 0.3) is 5.91 Å². The maximum atomic E-state index is 12.3. The molecule has 3 rings (SSSR count).